The van der Waals surface area contributed by atoms with Crippen LogP contribution in [-0.2, 0) is 11.8 Å². The van der Waals surface area contributed by atoms with Gasteiger partial charge in [-0.25, -0.2) is 0 Å². The summed E-state index contributed by atoms with van der Waals surface area (Å²) >= 11 is 0. The van der Waals surface area contributed by atoms with Gasteiger partial charge >= 0.3 is 0 Å². The first-order valence-corrected chi connectivity index (χ1v) is 8.15. The summed E-state index contributed by atoms with van der Waals surface area (Å²) in [6, 6.07) is 1.76. The van der Waals surface area contributed by atoms with Crippen molar-refractivity contribution in [3.8, 4) is 0 Å². The van der Waals surface area contributed by atoms with Gasteiger partial charge in [0.25, 0.3) is 5.91 Å². The fourth-order valence-corrected chi connectivity index (χ4v) is 4.03. The second-order valence-electron chi connectivity index (χ2n) is 6.35. The van der Waals surface area contributed by atoms with Crippen molar-refractivity contribution in [1.29, 1.82) is 0 Å². The van der Waals surface area contributed by atoms with Gasteiger partial charge in [0.2, 0.25) is 5.91 Å². The molecule has 0 saturated carbocycles. The second-order valence-corrected chi connectivity index (χ2v) is 6.35. The molecule has 0 aromatic carbocycles. The maximum Gasteiger partial charge on any atom is 0.272 e. The Morgan fingerprint density at radius 1 is 1.32 bits per heavy atom. The number of nitrogens with zero attached hydrogens (tertiary/aromatic N) is 4. The molecule has 6 heteroatoms. The van der Waals surface area contributed by atoms with Gasteiger partial charge in [0.05, 0.1) is 0 Å². The number of aryl methyl sites for hydroxylation is 1. The van der Waals surface area contributed by atoms with Crippen LogP contribution in [0.2, 0.25) is 0 Å². The molecule has 1 aromatic rings. The number of amides is 2. The van der Waals surface area contributed by atoms with Crippen molar-refractivity contribution in [2.24, 2.45) is 7.05 Å². The van der Waals surface area contributed by atoms with E-state index in [0.29, 0.717) is 18.7 Å². The van der Waals surface area contributed by atoms with Crippen molar-refractivity contribution in [3.63, 3.8) is 0 Å². The normalized spacial score (nSPS) is 25.8. The van der Waals surface area contributed by atoms with Crippen molar-refractivity contribution >= 4 is 11.8 Å². The highest BCUT2D eigenvalue weighted by Crippen LogP contribution is 2.38. The molecule has 0 unspecified atom stereocenters. The van der Waals surface area contributed by atoms with E-state index >= 15 is 0 Å². The lowest BCUT2D eigenvalue weighted by Crippen LogP contribution is -2.46. The number of hydrogen-bond acceptors (Lipinski definition) is 3. The van der Waals surface area contributed by atoms with Gasteiger partial charge in [0.1, 0.15) is 5.69 Å². The number of carbonyl (C=O) groups is 2. The van der Waals surface area contributed by atoms with Gasteiger partial charge in [0, 0.05) is 44.8 Å². The lowest BCUT2D eigenvalue weighted by atomic mass is 9.88. The zero-order chi connectivity index (χ0) is 15.7. The van der Waals surface area contributed by atoms with E-state index in [1.807, 2.05) is 9.80 Å². The van der Waals surface area contributed by atoms with Crippen molar-refractivity contribution in [2.45, 2.75) is 44.6 Å². The molecule has 2 aliphatic heterocycles. The van der Waals surface area contributed by atoms with Crippen molar-refractivity contribution in [1.82, 2.24) is 19.6 Å². The molecule has 1 atom stereocenters. The molecule has 3 rings (SSSR count). The van der Waals surface area contributed by atoms with E-state index in [4.69, 9.17) is 0 Å². The predicted octanol–water partition coefficient (Wildman–Crippen LogP) is 1.43. The smallest absolute Gasteiger partial charge is 0.272 e. The Kier molecular flexibility index (Phi) is 3.93. The highest BCUT2D eigenvalue weighted by molar-refractivity contribution is 5.92. The highest BCUT2D eigenvalue weighted by atomic mass is 16.2. The first-order chi connectivity index (χ1) is 10.6. The molecule has 120 valence electrons. The Hall–Kier alpha value is -1.85. The molecule has 3 heterocycles. The molecule has 0 aliphatic carbocycles. The Morgan fingerprint density at radius 3 is 2.82 bits per heavy atom. The molecule has 0 radical (unpaired) electrons. The summed E-state index contributed by atoms with van der Waals surface area (Å²) in [6.45, 7) is 4.30. The van der Waals surface area contributed by atoms with Crippen molar-refractivity contribution in [3.05, 3.63) is 18.0 Å². The van der Waals surface area contributed by atoms with Gasteiger partial charge < -0.3 is 9.80 Å². The van der Waals surface area contributed by atoms with Gasteiger partial charge in [0.15, 0.2) is 0 Å². The van der Waals surface area contributed by atoms with E-state index < -0.39 is 0 Å². The van der Waals surface area contributed by atoms with Crippen LogP contribution in [-0.4, -0.2) is 56.6 Å². The molecular weight excluding hydrogens is 280 g/mol. The number of carbonyl (C=O) groups excluding carboxylic acids is 2. The Balaban J connectivity index is 1.74. The third-order valence-corrected chi connectivity index (χ3v) is 5.24. The maximum atomic E-state index is 12.6. The van der Waals surface area contributed by atoms with Gasteiger partial charge in [-0.3, -0.25) is 14.3 Å². The van der Waals surface area contributed by atoms with Gasteiger partial charge in [-0.15, -0.1) is 0 Å². The van der Waals surface area contributed by atoms with Crippen LogP contribution in [0.3, 0.4) is 0 Å². The number of hydrogen-bond donors (Lipinski definition) is 0. The van der Waals surface area contributed by atoms with Crippen molar-refractivity contribution in [2.75, 3.05) is 19.6 Å². The summed E-state index contributed by atoms with van der Waals surface area (Å²) in [5, 5.41) is 4.08. The topological polar surface area (TPSA) is 58.4 Å². The summed E-state index contributed by atoms with van der Waals surface area (Å²) in [7, 11) is 1.79. The predicted molar refractivity (Wildman–Crippen MR) is 82.3 cm³/mol. The lowest BCUT2D eigenvalue weighted by Gasteiger charge is -2.37. The van der Waals surface area contributed by atoms with Gasteiger partial charge in [-0.05, 0) is 38.7 Å². The molecule has 22 heavy (non-hydrogen) atoms. The molecule has 1 aromatic heterocycles. The van der Waals surface area contributed by atoms with Crippen LogP contribution in [0.15, 0.2) is 12.3 Å². The monoisotopic (exact) mass is 304 g/mol. The van der Waals surface area contributed by atoms with Crippen LogP contribution in [0.4, 0.5) is 0 Å². The van der Waals surface area contributed by atoms with Crippen LogP contribution in [0.1, 0.15) is 49.5 Å². The fourth-order valence-electron chi connectivity index (χ4n) is 4.03. The Morgan fingerprint density at radius 2 is 2.14 bits per heavy atom. The molecule has 2 saturated heterocycles. The van der Waals surface area contributed by atoms with E-state index in [0.717, 1.165) is 38.8 Å². The van der Waals surface area contributed by atoms with E-state index in [1.54, 1.807) is 24.0 Å². The maximum absolute atomic E-state index is 12.6. The van der Waals surface area contributed by atoms with Gasteiger partial charge in [-0.2, -0.15) is 5.10 Å². The molecule has 0 N–H and O–H groups in total. The minimum absolute atomic E-state index is 0.0205. The molecule has 2 aliphatic rings. The quantitative estimate of drug-likeness (QED) is 0.830. The van der Waals surface area contributed by atoms with Crippen LogP contribution >= 0.6 is 0 Å². The minimum atomic E-state index is -0.0205. The van der Waals surface area contributed by atoms with Crippen molar-refractivity contribution < 1.29 is 9.59 Å². The van der Waals surface area contributed by atoms with Crippen LogP contribution in [0.25, 0.3) is 0 Å². The van der Waals surface area contributed by atoms with E-state index in [9.17, 15) is 9.59 Å². The van der Waals surface area contributed by atoms with E-state index in [2.05, 4.69) is 12.0 Å². The van der Waals surface area contributed by atoms with E-state index in [-0.39, 0.29) is 17.4 Å². The average Bonchev–Trinajstić information content (AvgIpc) is 2.98. The first kappa shape index (κ1) is 15.1. The first-order valence-electron chi connectivity index (χ1n) is 8.15. The average molecular weight is 304 g/mol. The Bertz CT molecular complexity index is 582. The zero-order valence-electron chi connectivity index (χ0n) is 13.4. The highest BCUT2D eigenvalue weighted by Gasteiger charge is 2.45. The van der Waals surface area contributed by atoms with Gasteiger partial charge in [-0.1, -0.05) is 0 Å². The fraction of sp³-hybridized carbons (Fsp3) is 0.688. The molecule has 1 spiro atoms. The van der Waals surface area contributed by atoms with E-state index in [1.165, 1.54) is 0 Å². The summed E-state index contributed by atoms with van der Waals surface area (Å²) in [4.78, 5) is 28.7. The summed E-state index contributed by atoms with van der Waals surface area (Å²) in [5.74, 6) is 0.318. The summed E-state index contributed by atoms with van der Waals surface area (Å²) in [6.07, 6.45) is 6.09. The largest absolute Gasteiger partial charge is 0.337 e. The van der Waals surface area contributed by atoms with Crippen LogP contribution < -0.4 is 0 Å². The standard InChI is InChI=1S/C16H24N4O2/c1-3-20-14(21)5-8-16(20)7-4-11-19(12-9-16)15(22)13-6-10-17-18(13)2/h6,10H,3-5,7-9,11-12H2,1-2H3/t16-/m0/s1. The molecular formula is C16H24N4O2. The third-order valence-electron chi connectivity index (χ3n) is 5.24. The minimum Gasteiger partial charge on any atom is -0.337 e. The molecule has 0 bridgehead atoms. The van der Waals surface area contributed by atoms with Crippen LogP contribution in [0, 0.1) is 0 Å². The molecule has 2 amide bonds. The third kappa shape index (κ3) is 2.40. The van der Waals surface area contributed by atoms with Crippen LogP contribution in [0.5, 0.6) is 0 Å². The Labute approximate surface area is 131 Å². The second kappa shape index (κ2) is 5.74. The molecule has 6 nitrogen and oxygen atoms in total. The number of rotatable bonds is 2. The zero-order valence-corrected chi connectivity index (χ0v) is 13.4. The summed E-state index contributed by atoms with van der Waals surface area (Å²) < 4.78 is 1.63. The molecule has 2 fully saturated rings. The summed E-state index contributed by atoms with van der Waals surface area (Å²) in [5.41, 5.74) is 0.610. The number of aromatic nitrogens is 2. The lowest BCUT2D eigenvalue weighted by molar-refractivity contribution is -0.131. The number of likely N-dealkylation sites (tertiary alicyclic amines) is 2. The SMILES string of the molecule is CCN1C(=O)CC[C@]12CCCN(C(=O)c1ccnn1C)CC2.